The molecule has 2 nitrogen and oxygen atoms in total. The van der Waals surface area contributed by atoms with E-state index < -0.39 is 0 Å². The van der Waals surface area contributed by atoms with Gasteiger partial charge in [-0.25, -0.2) is 4.98 Å². The Kier molecular flexibility index (Phi) is 4.24. The van der Waals surface area contributed by atoms with Crippen LogP contribution < -0.4 is 5.73 Å². The van der Waals surface area contributed by atoms with Crippen LogP contribution >= 0.6 is 11.8 Å². The van der Waals surface area contributed by atoms with E-state index in [9.17, 15) is 0 Å². The van der Waals surface area contributed by atoms with E-state index in [0.717, 1.165) is 10.9 Å². The Morgan fingerprint density at radius 2 is 2.25 bits per heavy atom. The number of nitrogens with two attached hydrogens (primary N) is 1. The summed E-state index contributed by atoms with van der Waals surface area (Å²) in [7, 11) is 0. The molecule has 3 heteroatoms. The summed E-state index contributed by atoms with van der Waals surface area (Å²) < 4.78 is 0. The molecule has 1 fully saturated rings. The maximum atomic E-state index is 5.94. The lowest BCUT2D eigenvalue weighted by Crippen LogP contribution is -2.08. The van der Waals surface area contributed by atoms with Crippen molar-refractivity contribution in [2.24, 2.45) is 11.7 Å². The Hall–Kier alpha value is -0.540. The third kappa shape index (κ3) is 2.98. The van der Waals surface area contributed by atoms with Gasteiger partial charge in [-0.05, 0) is 31.7 Å². The van der Waals surface area contributed by atoms with E-state index in [1.807, 2.05) is 30.9 Å². The molecule has 0 aromatic carbocycles. The Labute approximate surface area is 102 Å². The van der Waals surface area contributed by atoms with E-state index in [4.69, 9.17) is 5.73 Å². The topological polar surface area (TPSA) is 38.9 Å². The molecule has 1 aromatic heterocycles. The van der Waals surface area contributed by atoms with E-state index in [-0.39, 0.29) is 6.04 Å². The Morgan fingerprint density at radius 3 is 2.94 bits per heavy atom. The first-order valence-corrected chi connectivity index (χ1v) is 7.09. The van der Waals surface area contributed by atoms with Crippen molar-refractivity contribution in [2.75, 3.05) is 5.75 Å². The van der Waals surface area contributed by atoms with Crippen molar-refractivity contribution in [3.05, 3.63) is 23.9 Å². The van der Waals surface area contributed by atoms with Crippen molar-refractivity contribution in [2.45, 2.75) is 43.7 Å². The van der Waals surface area contributed by atoms with Crippen LogP contribution in [0.15, 0.2) is 23.4 Å². The molecule has 0 radical (unpaired) electrons. The minimum atomic E-state index is 0.0831. The van der Waals surface area contributed by atoms with Crippen LogP contribution in [0, 0.1) is 5.92 Å². The summed E-state index contributed by atoms with van der Waals surface area (Å²) in [5.41, 5.74) is 7.13. The molecule has 0 amide bonds. The number of hydrogen-bond acceptors (Lipinski definition) is 3. The first-order chi connectivity index (χ1) is 7.77. The molecule has 2 N–H and O–H groups in total. The summed E-state index contributed by atoms with van der Waals surface area (Å²) in [6, 6.07) is 4.15. The van der Waals surface area contributed by atoms with Gasteiger partial charge in [-0.1, -0.05) is 18.9 Å². The maximum absolute atomic E-state index is 5.94. The number of hydrogen-bond donors (Lipinski definition) is 1. The molecule has 0 saturated heterocycles. The second-order valence-electron chi connectivity index (χ2n) is 4.65. The Morgan fingerprint density at radius 1 is 1.50 bits per heavy atom. The highest BCUT2D eigenvalue weighted by molar-refractivity contribution is 7.99. The van der Waals surface area contributed by atoms with Crippen LogP contribution in [0.4, 0.5) is 0 Å². The SMILES string of the molecule is CC(N)c1cccnc1SCC1CCCC1. The van der Waals surface area contributed by atoms with E-state index in [0.29, 0.717) is 0 Å². The van der Waals surface area contributed by atoms with Crippen molar-refractivity contribution in [1.82, 2.24) is 4.98 Å². The van der Waals surface area contributed by atoms with Crippen LogP contribution in [0.5, 0.6) is 0 Å². The highest BCUT2D eigenvalue weighted by atomic mass is 32.2. The molecule has 1 atom stereocenters. The normalized spacial score (nSPS) is 18.9. The molecule has 1 aromatic rings. The zero-order valence-electron chi connectivity index (χ0n) is 9.86. The van der Waals surface area contributed by atoms with Gasteiger partial charge in [0.25, 0.3) is 0 Å². The third-order valence-electron chi connectivity index (χ3n) is 3.22. The summed E-state index contributed by atoms with van der Waals surface area (Å²) in [5, 5.41) is 1.13. The van der Waals surface area contributed by atoms with Crippen LogP contribution in [-0.4, -0.2) is 10.7 Å². The second-order valence-corrected chi connectivity index (χ2v) is 5.66. The van der Waals surface area contributed by atoms with Gasteiger partial charge < -0.3 is 5.73 Å². The van der Waals surface area contributed by atoms with Crippen LogP contribution in [0.1, 0.15) is 44.2 Å². The first kappa shape index (κ1) is 11.9. The van der Waals surface area contributed by atoms with Gasteiger partial charge in [-0.15, -0.1) is 11.8 Å². The highest BCUT2D eigenvalue weighted by Crippen LogP contribution is 2.32. The molecule has 1 heterocycles. The predicted octanol–water partition coefficient (Wildman–Crippen LogP) is 3.38. The molecule has 1 unspecified atom stereocenters. The van der Waals surface area contributed by atoms with Gasteiger partial charge in [0.2, 0.25) is 0 Å². The molecule has 0 aliphatic heterocycles. The van der Waals surface area contributed by atoms with Crippen molar-refractivity contribution < 1.29 is 0 Å². The molecular formula is C13H20N2S. The molecule has 0 bridgehead atoms. The van der Waals surface area contributed by atoms with E-state index in [1.54, 1.807) is 0 Å². The predicted molar refractivity (Wildman–Crippen MR) is 69.5 cm³/mol. The number of rotatable bonds is 4. The van der Waals surface area contributed by atoms with Gasteiger partial charge in [0.05, 0.1) is 0 Å². The summed E-state index contributed by atoms with van der Waals surface area (Å²) in [5.74, 6) is 2.10. The second kappa shape index (κ2) is 5.69. The molecule has 1 aliphatic carbocycles. The van der Waals surface area contributed by atoms with Crippen LogP contribution in [0.3, 0.4) is 0 Å². The lowest BCUT2D eigenvalue weighted by atomic mass is 10.1. The number of aromatic nitrogens is 1. The fraction of sp³-hybridized carbons (Fsp3) is 0.615. The molecule has 1 saturated carbocycles. The van der Waals surface area contributed by atoms with Crippen molar-refractivity contribution in [1.29, 1.82) is 0 Å². The van der Waals surface area contributed by atoms with Gasteiger partial charge in [0.1, 0.15) is 5.03 Å². The molecule has 1 aliphatic rings. The van der Waals surface area contributed by atoms with E-state index >= 15 is 0 Å². The zero-order chi connectivity index (χ0) is 11.4. The third-order valence-corrected chi connectivity index (χ3v) is 4.47. The van der Waals surface area contributed by atoms with Gasteiger partial charge in [-0.3, -0.25) is 0 Å². The van der Waals surface area contributed by atoms with Gasteiger partial charge >= 0.3 is 0 Å². The summed E-state index contributed by atoms with van der Waals surface area (Å²) in [4.78, 5) is 4.44. The molecule has 2 rings (SSSR count). The summed E-state index contributed by atoms with van der Waals surface area (Å²) >= 11 is 1.88. The summed E-state index contributed by atoms with van der Waals surface area (Å²) in [6.07, 6.45) is 7.48. The monoisotopic (exact) mass is 236 g/mol. The smallest absolute Gasteiger partial charge is 0.101 e. The van der Waals surface area contributed by atoms with Crippen molar-refractivity contribution in [3.8, 4) is 0 Å². The maximum Gasteiger partial charge on any atom is 0.101 e. The standard InChI is InChI=1S/C13H20N2S/c1-10(14)12-7-4-8-15-13(12)16-9-11-5-2-3-6-11/h4,7-8,10-11H,2-3,5-6,9,14H2,1H3. The lowest BCUT2D eigenvalue weighted by Gasteiger charge is -2.13. The first-order valence-electron chi connectivity index (χ1n) is 6.10. The van der Waals surface area contributed by atoms with Gasteiger partial charge in [0.15, 0.2) is 0 Å². The molecule has 16 heavy (non-hydrogen) atoms. The Bertz CT molecular complexity index is 332. The average Bonchev–Trinajstić information content (AvgIpc) is 2.79. The molecule has 0 spiro atoms. The fourth-order valence-electron chi connectivity index (χ4n) is 2.24. The van der Waals surface area contributed by atoms with Gasteiger partial charge in [-0.2, -0.15) is 0 Å². The number of nitrogens with zero attached hydrogens (tertiary/aromatic N) is 1. The quantitative estimate of drug-likeness (QED) is 0.814. The fourth-order valence-corrected chi connectivity index (χ4v) is 3.53. The minimum absolute atomic E-state index is 0.0831. The van der Waals surface area contributed by atoms with Crippen molar-refractivity contribution in [3.63, 3.8) is 0 Å². The largest absolute Gasteiger partial charge is 0.324 e. The van der Waals surface area contributed by atoms with E-state index in [2.05, 4.69) is 11.1 Å². The highest BCUT2D eigenvalue weighted by Gasteiger charge is 2.16. The van der Waals surface area contributed by atoms with Gasteiger partial charge in [0, 0.05) is 23.6 Å². The lowest BCUT2D eigenvalue weighted by molar-refractivity contribution is 0.622. The van der Waals surface area contributed by atoms with Crippen LogP contribution in [0.2, 0.25) is 0 Å². The number of pyridine rings is 1. The van der Waals surface area contributed by atoms with E-state index in [1.165, 1.54) is 37.0 Å². The van der Waals surface area contributed by atoms with Crippen molar-refractivity contribution >= 4 is 11.8 Å². The number of thioether (sulfide) groups is 1. The molecule has 88 valence electrons. The van der Waals surface area contributed by atoms with Crippen LogP contribution in [0.25, 0.3) is 0 Å². The zero-order valence-corrected chi connectivity index (χ0v) is 10.7. The Balaban J connectivity index is 1.97. The minimum Gasteiger partial charge on any atom is -0.324 e. The summed E-state index contributed by atoms with van der Waals surface area (Å²) in [6.45, 7) is 2.02. The average molecular weight is 236 g/mol. The molecular weight excluding hydrogens is 216 g/mol. The van der Waals surface area contributed by atoms with Crippen LogP contribution in [-0.2, 0) is 0 Å².